The van der Waals surface area contributed by atoms with E-state index in [-0.39, 0.29) is 11.5 Å². The van der Waals surface area contributed by atoms with Crippen LogP contribution in [0, 0.1) is 0 Å². The zero-order chi connectivity index (χ0) is 21.5. The van der Waals surface area contributed by atoms with E-state index in [0.29, 0.717) is 35.8 Å². The van der Waals surface area contributed by atoms with Crippen LogP contribution in [0.15, 0.2) is 42.6 Å². The summed E-state index contributed by atoms with van der Waals surface area (Å²) in [6.07, 6.45) is 1.53. The van der Waals surface area contributed by atoms with Crippen molar-refractivity contribution >= 4 is 34.4 Å². The maximum Gasteiger partial charge on any atom is 0.335 e. The molecule has 0 aliphatic carbocycles. The summed E-state index contributed by atoms with van der Waals surface area (Å²) in [6.45, 7) is 2.90. The molecule has 0 saturated carbocycles. The maximum atomic E-state index is 13.0. The molecule has 1 aromatic heterocycles. The third-order valence-electron chi connectivity index (χ3n) is 5.78. The molecule has 1 saturated heterocycles. The van der Waals surface area contributed by atoms with E-state index < -0.39 is 12.1 Å². The number of hydrogen-bond acceptors (Lipinski definition) is 5. The molecule has 7 nitrogen and oxygen atoms in total. The van der Waals surface area contributed by atoms with Crippen LogP contribution in [-0.2, 0) is 11.2 Å². The highest BCUT2D eigenvalue weighted by Crippen LogP contribution is 2.43. The molecule has 31 heavy (non-hydrogen) atoms. The van der Waals surface area contributed by atoms with Gasteiger partial charge in [-0.1, -0.05) is 17.7 Å². The molecular formula is C23H20ClN3O4. The smallest absolute Gasteiger partial charge is 0.335 e. The molecule has 1 amide bonds. The van der Waals surface area contributed by atoms with Crippen LogP contribution >= 0.6 is 11.6 Å². The molecule has 3 heterocycles. The highest BCUT2D eigenvalue weighted by Gasteiger charge is 2.35. The van der Waals surface area contributed by atoms with E-state index in [1.165, 1.54) is 0 Å². The van der Waals surface area contributed by atoms with E-state index >= 15 is 0 Å². The van der Waals surface area contributed by atoms with E-state index in [1.807, 2.05) is 23.1 Å². The van der Waals surface area contributed by atoms with Crippen molar-refractivity contribution in [2.45, 2.75) is 12.5 Å². The SMILES string of the molecule is O=C(O)c1ccc2c(-c3cc(Cl)cc4c3O[C@H](C(=O)N3CCNCC3)C4)ccnc2c1. The van der Waals surface area contributed by atoms with Gasteiger partial charge in [0, 0.05) is 60.3 Å². The number of rotatable bonds is 3. The number of carbonyl (C=O) groups excluding carboxylic acids is 1. The van der Waals surface area contributed by atoms with Crippen molar-refractivity contribution in [1.82, 2.24) is 15.2 Å². The number of aromatic carboxylic acids is 1. The van der Waals surface area contributed by atoms with Gasteiger partial charge in [0.2, 0.25) is 0 Å². The molecule has 0 radical (unpaired) electrons. The molecule has 158 valence electrons. The van der Waals surface area contributed by atoms with Gasteiger partial charge in [-0.15, -0.1) is 0 Å². The average Bonchev–Trinajstić information content (AvgIpc) is 3.21. The molecule has 2 aliphatic heterocycles. The van der Waals surface area contributed by atoms with E-state index in [1.54, 1.807) is 24.4 Å². The standard InChI is InChI=1S/C23H20ClN3O4/c24-15-9-14-11-20(22(28)27-7-5-25-6-8-27)31-21(14)18(12-15)16-3-4-26-19-10-13(23(29)30)1-2-17(16)19/h1-4,9-10,12,20,25H,5-8,11H2,(H,29,30)/t20-/m0/s1. The Morgan fingerprint density at radius 1 is 1.13 bits per heavy atom. The Morgan fingerprint density at radius 3 is 2.71 bits per heavy atom. The first-order valence-electron chi connectivity index (χ1n) is 10.1. The largest absolute Gasteiger partial charge is 0.479 e. The molecule has 5 rings (SSSR count). The fourth-order valence-corrected chi connectivity index (χ4v) is 4.51. The number of carbonyl (C=O) groups is 2. The Bertz CT molecular complexity index is 1210. The topological polar surface area (TPSA) is 91.8 Å². The third-order valence-corrected chi connectivity index (χ3v) is 6.00. The number of nitrogens with zero attached hydrogens (tertiary/aromatic N) is 2. The van der Waals surface area contributed by atoms with Crippen molar-refractivity contribution in [2.75, 3.05) is 26.2 Å². The van der Waals surface area contributed by atoms with Gasteiger partial charge in [-0.25, -0.2) is 4.79 Å². The monoisotopic (exact) mass is 437 g/mol. The van der Waals surface area contributed by atoms with Crippen LogP contribution in [0.5, 0.6) is 5.75 Å². The fraction of sp³-hybridized carbons (Fsp3) is 0.261. The number of amides is 1. The Morgan fingerprint density at radius 2 is 1.94 bits per heavy atom. The normalized spacial score (nSPS) is 18.0. The summed E-state index contributed by atoms with van der Waals surface area (Å²) in [5.74, 6) is -0.367. The second kappa shape index (κ2) is 7.83. The molecule has 0 unspecified atom stereocenters. The van der Waals surface area contributed by atoms with E-state index in [4.69, 9.17) is 16.3 Å². The minimum atomic E-state index is -1.00. The lowest BCUT2D eigenvalue weighted by atomic mass is 9.97. The van der Waals surface area contributed by atoms with Crippen LogP contribution in [0.1, 0.15) is 15.9 Å². The van der Waals surface area contributed by atoms with Gasteiger partial charge in [0.1, 0.15) is 5.75 Å². The number of halogens is 1. The molecule has 2 N–H and O–H groups in total. The summed E-state index contributed by atoms with van der Waals surface area (Å²) >= 11 is 6.42. The van der Waals surface area contributed by atoms with Crippen molar-refractivity contribution in [1.29, 1.82) is 0 Å². The van der Waals surface area contributed by atoms with Gasteiger partial charge in [-0.3, -0.25) is 9.78 Å². The first-order chi connectivity index (χ1) is 15.0. The van der Waals surface area contributed by atoms with Gasteiger partial charge in [0.15, 0.2) is 6.10 Å². The second-order valence-corrected chi connectivity index (χ2v) is 8.16. The molecule has 1 fully saturated rings. The number of carboxylic acid groups (broad SMARTS) is 1. The van der Waals surface area contributed by atoms with Gasteiger partial charge in [0.05, 0.1) is 11.1 Å². The first kappa shape index (κ1) is 19.8. The van der Waals surface area contributed by atoms with Gasteiger partial charge in [-0.2, -0.15) is 0 Å². The Kier molecular flexibility index (Phi) is 5.00. The van der Waals surface area contributed by atoms with Crippen LogP contribution in [0.4, 0.5) is 0 Å². The number of aromatic nitrogens is 1. The molecule has 2 aliphatic rings. The number of nitrogens with one attached hydrogen (secondary N) is 1. The molecule has 2 aromatic carbocycles. The number of pyridine rings is 1. The van der Waals surface area contributed by atoms with E-state index in [0.717, 1.165) is 35.2 Å². The number of hydrogen-bond donors (Lipinski definition) is 2. The summed E-state index contributed by atoms with van der Waals surface area (Å²) in [4.78, 5) is 30.5. The number of ether oxygens (including phenoxy) is 1. The lowest BCUT2D eigenvalue weighted by Gasteiger charge is -2.29. The Labute approximate surface area is 183 Å². The van der Waals surface area contributed by atoms with Crippen LogP contribution < -0.4 is 10.1 Å². The first-order valence-corrected chi connectivity index (χ1v) is 10.5. The third kappa shape index (κ3) is 3.60. The summed E-state index contributed by atoms with van der Waals surface area (Å²) < 4.78 is 6.19. The summed E-state index contributed by atoms with van der Waals surface area (Å²) in [7, 11) is 0. The van der Waals surface area contributed by atoms with Crippen molar-refractivity contribution in [2.24, 2.45) is 0 Å². The van der Waals surface area contributed by atoms with Crippen LogP contribution in [0.3, 0.4) is 0 Å². The quantitative estimate of drug-likeness (QED) is 0.654. The van der Waals surface area contributed by atoms with Crippen LogP contribution in [-0.4, -0.2) is 59.1 Å². The molecular weight excluding hydrogens is 418 g/mol. The van der Waals surface area contributed by atoms with Crippen LogP contribution in [0.2, 0.25) is 5.02 Å². The summed E-state index contributed by atoms with van der Waals surface area (Å²) in [6, 6.07) is 10.4. The van der Waals surface area contributed by atoms with Crippen molar-refractivity contribution in [3.8, 4) is 16.9 Å². The molecule has 1 atom stereocenters. The summed E-state index contributed by atoms with van der Waals surface area (Å²) in [5, 5.41) is 13.9. The summed E-state index contributed by atoms with van der Waals surface area (Å²) in [5.41, 5.74) is 3.23. The zero-order valence-electron chi connectivity index (χ0n) is 16.6. The van der Waals surface area contributed by atoms with E-state index in [2.05, 4.69) is 10.3 Å². The van der Waals surface area contributed by atoms with E-state index in [9.17, 15) is 14.7 Å². The van der Waals surface area contributed by atoms with Gasteiger partial charge in [0.25, 0.3) is 5.91 Å². The Hall–Kier alpha value is -3.16. The van der Waals surface area contributed by atoms with Gasteiger partial charge < -0.3 is 20.1 Å². The molecule has 8 heteroatoms. The number of piperazine rings is 1. The molecule has 3 aromatic rings. The predicted molar refractivity (Wildman–Crippen MR) is 117 cm³/mol. The lowest BCUT2D eigenvalue weighted by molar-refractivity contribution is -0.138. The number of benzene rings is 2. The van der Waals surface area contributed by atoms with Crippen molar-refractivity contribution < 1.29 is 19.4 Å². The molecule has 0 spiro atoms. The second-order valence-electron chi connectivity index (χ2n) is 7.72. The van der Waals surface area contributed by atoms with Crippen molar-refractivity contribution in [3.63, 3.8) is 0 Å². The van der Waals surface area contributed by atoms with Gasteiger partial charge in [-0.05, 0) is 35.9 Å². The fourth-order valence-electron chi connectivity index (χ4n) is 4.27. The predicted octanol–water partition coefficient (Wildman–Crippen LogP) is 2.99. The minimum absolute atomic E-state index is 0.00883. The number of carboxylic acids is 1. The lowest BCUT2D eigenvalue weighted by Crippen LogP contribution is -2.50. The highest BCUT2D eigenvalue weighted by atomic mass is 35.5. The minimum Gasteiger partial charge on any atom is -0.479 e. The zero-order valence-corrected chi connectivity index (χ0v) is 17.4. The van der Waals surface area contributed by atoms with Gasteiger partial charge >= 0.3 is 5.97 Å². The van der Waals surface area contributed by atoms with Crippen molar-refractivity contribution in [3.05, 3.63) is 58.7 Å². The maximum absolute atomic E-state index is 13.0. The highest BCUT2D eigenvalue weighted by molar-refractivity contribution is 6.31. The molecule has 0 bridgehead atoms. The van der Waals surface area contributed by atoms with Crippen LogP contribution in [0.25, 0.3) is 22.0 Å². The Balaban J connectivity index is 1.55. The number of fused-ring (bicyclic) bond motifs is 2. The average molecular weight is 438 g/mol.